The second kappa shape index (κ2) is 3.11. The third kappa shape index (κ3) is 1.56. The Balaban J connectivity index is 1.88. The van der Waals surface area contributed by atoms with E-state index in [1.54, 1.807) is 0 Å². The second-order valence-corrected chi connectivity index (χ2v) is 3.93. The van der Waals surface area contributed by atoms with Crippen LogP contribution >= 0.6 is 15.9 Å². The van der Waals surface area contributed by atoms with Crippen LogP contribution in [0.25, 0.3) is 0 Å². The smallest absolute Gasteiger partial charge is 0.148 e. The summed E-state index contributed by atoms with van der Waals surface area (Å²) >= 11 is 3.32. The molecule has 0 saturated carbocycles. The number of oxime groups is 1. The van der Waals surface area contributed by atoms with Crippen LogP contribution in [-0.2, 0) is 4.84 Å². The van der Waals surface area contributed by atoms with Gasteiger partial charge >= 0.3 is 0 Å². The van der Waals surface area contributed by atoms with E-state index in [9.17, 15) is 0 Å². The predicted octanol–water partition coefficient (Wildman–Crippen LogP) is 1.24. The molecule has 2 aliphatic heterocycles. The van der Waals surface area contributed by atoms with E-state index in [-0.39, 0.29) is 6.10 Å². The molecule has 1 N–H and O–H groups in total. The molecule has 0 bridgehead atoms. The minimum Gasteiger partial charge on any atom is -0.390 e. The average Bonchev–Trinajstić information content (AvgIpc) is 2.55. The molecule has 0 aromatic heterocycles. The fourth-order valence-electron chi connectivity index (χ4n) is 1.61. The molecule has 0 radical (unpaired) electrons. The number of hydrogen-bond donors (Lipinski definition) is 1. The molecule has 0 amide bonds. The van der Waals surface area contributed by atoms with Gasteiger partial charge in [0.15, 0.2) is 0 Å². The van der Waals surface area contributed by atoms with E-state index in [1.165, 1.54) is 12.8 Å². The van der Waals surface area contributed by atoms with Crippen molar-refractivity contribution < 1.29 is 4.84 Å². The Labute approximate surface area is 74.3 Å². The summed E-state index contributed by atoms with van der Waals surface area (Å²) in [5.74, 6) is 0. The fraction of sp³-hybridized carbons (Fsp3) is 0.857. The molecule has 2 atom stereocenters. The van der Waals surface area contributed by atoms with Gasteiger partial charge in [-0.1, -0.05) is 5.16 Å². The van der Waals surface area contributed by atoms with Gasteiger partial charge in [-0.2, -0.15) is 0 Å². The maximum absolute atomic E-state index is 5.23. The highest BCUT2D eigenvalue weighted by atomic mass is 79.9. The molecule has 0 aliphatic carbocycles. The molecule has 62 valence electrons. The Morgan fingerprint density at radius 1 is 1.64 bits per heavy atom. The Morgan fingerprint density at radius 3 is 3.09 bits per heavy atom. The van der Waals surface area contributed by atoms with Crippen molar-refractivity contribution in [2.45, 2.75) is 31.4 Å². The van der Waals surface area contributed by atoms with Crippen molar-refractivity contribution >= 4 is 20.6 Å². The molecule has 3 nitrogen and oxygen atoms in total. The summed E-state index contributed by atoms with van der Waals surface area (Å²) in [5.41, 5.74) is 0. The van der Waals surface area contributed by atoms with Gasteiger partial charge in [0.2, 0.25) is 0 Å². The van der Waals surface area contributed by atoms with E-state index in [2.05, 4.69) is 26.4 Å². The number of halogens is 1. The van der Waals surface area contributed by atoms with Crippen molar-refractivity contribution in [1.82, 2.24) is 5.32 Å². The van der Waals surface area contributed by atoms with Crippen molar-refractivity contribution in [1.29, 1.82) is 0 Å². The maximum atomic E-state index is 5.23. The summed E-state index contributed by atoms with van der Waals surface area (Å²) in [6.45, 7) is 1.13. The number of rotatable bonds is 1. The zero-order valence-electron chi connectivity index (χ0n) is 6.22. The third-order valence-electron chi connectivity index (χ3n) is 2.20. The zero-order valence-corrected chi connectivity index (χ0v) is 7.80. The van der Waals surface area contributed by atoms with Crippen LogP contribution in [0, 0.1) is 0 Å². The van der Waals surface area contributed by atoms with Crippen molar-refractivity contribution in [3.05, 3.63) is 0 Å². The number of hydrogen-bond acceptors (Lipinski definition) is 3. The lowest BCUT2D eigenvalue weighted by Crippen LogP contribution is -2.34. The van der Waals surface area contributed by atoms with Crippen LogP contribution in [0.3, 0.4) is 0 Å². The molecule has 1 saturated heterocycles. The molecule has 2 heterocycles. The Bertz CT molecular complexity index is 177. The van der Waals surface area contributed by atoms with Crippen LogP contribution in [0.1, 0.15) is 19.3 Å². The summed E-state index contributed by atoms with van der Waals surface area (Å²) < 4.78 is 0.941. The molecular weight excluding hydrogens is 208 g/mol. The molecule has 2 aliphatic rings. The van der Waals surface area contributed by atoms with Crippen LogP contribution in [-0.4, -0.2) is 23.3 Å². The summed E-state index contributed by atoms with van der Waals surface area (Å²) in [6, 6.07) is 0.522. The normalized spacial score (nSPS) is 37.0. The van der Waals surface area contributed by atoms with Gasteiger partial charge in [-0.25, -0.2) is 0 Å². The van der Waals surface area contributed by atoms with Gasteiger partial charge in [-0.05, 0) is 35.3 Å². The molecule has 4 heteroatoms. The zero-order chi connectivity index (χ0) is 7.68. The van der Waals surface area contributed by atoms with Crippen LogP contribution in [0.2, 0.25) is 0 Å². The SMILES string of the molecule is BrC1=NO[C@@H]([C@@H]2CCCN2)C1. The lowest BCUT2D eigenvalue weighted by Gasteiger charge is -2.15. The van der Waals surface area contributed by atoms with Gasteiger partial charge in [0.25, 0.3) is 0 Å². The standard InChI is InChI=1S/C7H11BrN2O/c8-7-4-6(11-10-7)5-2-1-3-9-5/h5-6,9H,1-4H2/t5-,6+/m0/s1. The van der Waals surface area contributed by atoms with Gasteiger partial charge in [0.1, 0.15) is 10.7 Å². The fourth-order valence-corrected chi connectivity index (χ4v) is 2.01. The Morgan fingerprint density at radius 2 is 2.55 bits per heavy atom. The molecule has 0 aromatic carbocycles. The highest BCUT2D eigenvalue weighted by Gasteiger charge is 2.30. The number of nitrogens with one attached hydrogen (secondary N) is 1. The van der Waals surface area contributed by atoms with Crippen molar-refractivity contribution in [3.63, 3.8) is 0 Å². The van der Waals surface area contributed by atoms with Crippen LogP contribution in [0.15, 0.2) is 5.16 Å². The molecule has 0 unspecified atom stereocenters. The minimum atomic E-state index is 0.270. The van der Waals surface area contributed by atoms with Crippen LogP contribution in [0.5, 0.6) is 0 Å². The molecule has 0 spiro atoms. The van der Waals surface area contributed by atoms with Crippen LogP contribution < -0.4 is 5.32 Å². The van der Waals surface area contributed by atoms with E-state index in [4.69, 9.17) is 4.84 Å². The van der Waals surface area contributed by atoms with Crippen molar-refractivity contribution in [2.75, 3.05) is 6.54 Å². The highest BCUT2D eigenvalue weighted by Crippen LogP contribution is 2.21. The lowest BCUT2D eigenvalue weighted by atomic mass is 10.1. The van der Waals surface area contributed by atoms with E-state index in [1.807, 2.05) is 0 Å². The first-order valence-corrected chi connectivity index (χ1v) is 4.77. The predicted molar refractivity (Wildman–Crippen MR) is 46.9 cm³/mol. The Kier molecular flexibility index (Phi) is 2.13. The summed E-state index contributed by atoms with van der Waals surface area (Å²) in [6.07, 6.45) is 3.69. The first-order valence-electron chi connectivity index (χ1n) is 3.98. The number of nitrogens with zero attached hydrogens (tertiary/aromatic N) is 1. The monoisotopic (exact) mass is 218 g/mol. The van der Waals surface area contributed by atoms with Gasteiger partial charge < -0.3 is 10.2 Å². The summed E-state index contributed by atoms with van der Waals surface area (Å²) in [5, 5.41) is 7.26. The molecule has 1 fully saturated rings. The van der Waals surface area contributed by atoms with Crippen LogP contribution in [0.4, 0.5) is 0 Å². The van der Waals surface area contributed by atoms with E-state index in [0.29, 0.717) is 6.04 Å². The van der Waals surface area contributed by atoms with Crippen molar-refractivity contribution in [2.24, 2.45) is 5.16 Å². The van der Waals surface area contributed by atoms with Gasteiger partial charge in [-0.3, -0.25) is 0 Å². The molecule has 0 aromatic rings. The quantitative estimate of drug-likeness (QED) is 0.719. The molecule has 11 heavy (non-hydrogen) atoms. The van der Waals surface area contributed by atoms with Gasteiger partial charge in [0.05, 0.1) is 0 Å². The highest BCUT2D eigenvalue weighted by molar-refractivity contribution is 9.18. The molecular formula is C7H11BrN2O. The second-order valence-electron chi connectivity index (χ2n) is 3.02. The summed E-state index contributed by atoms with van der Waals surface area (Å²) in [4.78, 5) is 5.23. The third-order valence-corrected chi connectivity index (χ3v) is 2.67. The van der Waals surface area contributed by atoms with Gasteiger partial charge in [-0.15, -0.1) is 0 Å². The maximum Gasteiger partial charge on any atom is 0.148 e. The van der Waals surface area contributed by atoms with E-state index >= 15 is 0 Å². The largest absolute Gasteiger partial charge is 0.390 e. The Hall–Kier alpha value is -0.0900. The average molecular weight is 219 g/mol. The topological polar surface area (TPSA) is 33.6 Å². The first-order chi connectivity index (χ1) is 5.36. The lowest BCUT2D eigenvalue weighted by molar-refractivity contribution is 0.0606. The molecule has 2 rings (SSSR count). The summed E-state index contributed by atoms with van der Waals surface area (Å²) in [7, 11) is 0. The van der Waals surface area contributed by atoms with E-state index in [0.717, 1.165) is 17.6 Å². The van der Waals surface area contributed by atoms with E-state index < -0.39 is 0 Å². The minimum absolute atomic E-state index is 0.270. The van der Waals surface area contributed by atoms with Gasteiger partial charge in [0, 0.05) is 12.5 Å². The van der Waals surface area contributed by atoms with Crippen molar-refractivity contribution in [3.8, 4) is 0 Å². The first kappa shape index (κ1) is 7.55.